The molecule has 0 unspecified atom stereocenters. The van der Waals surface area contributed by atoms with Gasteiger partial charge in [0.1, 0.15) is 4.90 Å². The largest absolute Gasteiger partial charge is 0.399 e. The summed E-state index contributed by atoms with van der Waals surface area (Å²) in [6.07, 6.45) is 1.41. The van der Waals surface area contributed by atoms with Crippen molar-refractivity contribution in [2.45, 2.75) is 4.90 Å². The minimum Gasteiger partial charge on any atom is -0.399 e. The lowest BCUT2D eigenvalue weighted by Gasteiger charge is -2.16. The Morgan fingerprint density at radius 3 is 2.71 bits per heavy atom. The summed E-state index contributed by atoms with van der Waals surface area (Å²) in [6.45, 7) is 3.52. The predicted octanol–water partition coefficient (Wildman–Crippen LogP) is 1.98. The van der Waals surface area contributed by atoms with Crippen molar-refractivity contribution in [3.8, 4) is 0 Å². The first-order valence-electron chi connectivity index (χ1n) is 4.62. The fraction of sp³-hybridized carbons (Fsp3) is 0.200. The number of sulfonamides is 1. The standard InChI is InChI=1S/C10H12BrFN2O2S/c1-3-4-14(2)17(15,16)9-6-7(13)5-8(11)10(9)12/h3,5-6H,1,4,13H2,2H3. The molecule has 0 bridgehead atoms. The second kappa shape index (κ2) is 5.16. The Morgan fingerprint density at radius 2 is 2.18 bits per heavy atom. The normalized spacial score (nSPS) is 11.8. The summed E-state index contributed by atoms with van der Waals surface area (Å²) >= 11 is 2.92. The molecule has 2 N–H and O–H groups in total. The van der Waals surface area contributed by atoms with Gasteiger partial charge in [0.05, 0.1) is 4.47 Å². The number of halogens is 2. The number of benzene rings is 1. The quantitative estimate of drug-likeness (QED) is 0.681. The van der Waals surface area contributed by atoms with E-state index in [4.69, 9.17) is 5.73 Å². The Morgan fingerprint density at radius 1 is 1.59 bits per heavy atom. The van der Waals surface area contributed by atoms with Crippen molar-refractivity contribution >= 4 is 31.6 Å². The summed E-state index contributed by atoms with van der Waals surface area (Å²) in [6, 6.07) is 2.40. The first kappa shape index (κ1) is 14.1. The minimum atomic E-state index is -3.90. The molecule has 0 aliphatic carbocycles. The van der Waals surface area contributed by atoms with Gasteiger partial charge in [0.15, 0.2) is 5.82 Å². The van der Waals surface area contributed by atoms with E-state index < -0.39 is 20.7 Å². The zero-order valence-electron chi connectivity index (χ0n) is 9.15. The predicted molar refractivity (Wildman–Crippen MR) is 68.5 cm³/mol. The summed E-state index contributed by atoms with van der Waals surface area (Å²) in [7, 11) is -2.56. The maximum absolute atomic E-state index is 13.7. The summed E-state index contributed by atoms with van der Waals surface area (Å²) < 4.78 is 38.8. The number of hydrogen-bond acceptors (Lipinski definition) is 3. The molecule has 0 fully saturated rings. The van der Waals surface area contributed by atoms with Gasteiger partial charge in [0, 0.05) is 19.3 Å². The van der Waals surface area contributed by atoms with Crippen LogP contribution in [-0.2, 0) is 10.0 Å². The zero-order chi connectivity index (χ0) is 13.2. The van der Waals surface area contributed by atoms with Crippen LogP contribution in [0.5, 0.6) is 0 Å². The van der Waals surface area contributed by atoms with Crippen LogP contribution in [-0.4, -0.2) is 26.3 Å². The lowest BCUT2D eigenvalue weighted by Crippen LogP contribution is -2.28. The van der Waals surface area contributed by atoms with Crippen molar-refractivity contribution in [1.29, 1.82) is 0 Å². The molecule has 4 nitrogen and oxygen atoms in total. The van der Waals surface area contributed by atoms with E-state index >= 15 is 0 Å². The first-order chi connectivity index (χ1) is 7.80. The molecule has 0 atom stereocenters. The highest BCUT2D eigenvalue weighted by Crippen LogP contribution is 2.27. The van der Waals surface area contributed by atoms with Crippen LogP contribution in [0.4, 0.5) is 10.1 Å². The van der Waals surface area contributed by atoms with Crippen LogP contribution in [0.15, 0.2) is 34.2 Å². The lowest BCUT2D eigenvalue weighted by atomic mass is 10.3. The fourth-order valence-electron chi connectivity index (χ4n) is 1.22. The third-order valence-electron chi connectivity index (χ3n) is 2.09. The van der Waals surface area contributed by atoms with E-state index in [0.717, 1.165) is 10.4 Å². The van der Waals surface area contributed by atoms with Crippen LogP contribution in [0.25, 0.3) is 0 Å². The van der Waals surface area contributed by atoms with Crippen LogP contribution in [0.1, 0.15) is 0 Å². The Hall–Kier alpha value is -0.920. The average Bonchev–Trinajstić information content (AvgIpc) is 2.23. The van der Waals surface area contributed by atoms with E-state index in [0.29, 0.717) is 0 Å². The van der Waals surface area contributed by atoms with E-state index in [1.165, 1.54) is 19.2 Å². The van der Waals surface area contributed by atoms with Gasteiger partial charge in [0.2, 0.25) is 10.0 Å². The monoisotopic (exact) mass is 322 g/mol. The Bertz CT molecular complexity index is 545. The van der Waals surface area contributed by atoms with Gasteiger partial charge in [-0.3, -0.25) is 0 Å². The highest BCUT2D eigenvalue weighted by molar-refractivity contribution is 9.10. The van der Waals surface area contributed by atoms with Gasteiger partial charge >= 0.3 is 0 Å². The fourth-order valence-corrected chi connectivity index (χ4v) is 3.09. The highest BCUT2D eigenvalue weighted by Gasteiger charge is 2.25. The summed E-state index contributed by atoms with van der Waals surface area (Å²) in [4.78, 5) is -0.450. The first-order valence-corrected chi connectivity index (χ1v) is 6.85. The van der Waals surface area contributed by atoms with Crippen molar-refractivity contribution in [1.82, 2.24) is 4.31 Å². The van der Waals surface area contributed by atoms with E-state index in [1.807, 2.05) is 0 Å². The lowest BCUT2D eigenvalue weighted by molar-refractivity contribution is 0.488. The van der Waals surface area contributed by atoms with Crippen molar-refractivity contribution < 1.29 is 12.8 Å². The van der Waals surface area contributed by atoms with Crippen molar-refractivity contribution in [3.63, 3.8) is 0 Å². The zero-order valence-corrected chi connectivity index (χ0v) is 11.6. The van der Waals surface area contributed by atoms with E-state index in [2.05, 4.69) is 22.5 Å². The van der Waals surface area contributed by atoms with Gasteiger partial charge in [-0.2, -0.15) is 4.31 Å². The Labute approximate surface area is 108 Å². The maximum Gasteiger partial charge on any atom is 0.246 e. The molecule has 0 radical (unpaired) electrons. The molecule has 1 aromatic carbocycles. The van der Waals surface area contributed by atoms with Crippen LogP contribution < -0.4 is 5.73 Å². The topological polar surface area (TPSA) is 63.4 Å². The molecule has 0 aliphatic heterocycles. The summed E-state index contributed by atoms with van der Waals surface area (Å²) in [5, 5.41) is 0. The van der Waals surface area contributed by atoms with Gasteiger partial charge in [-0.25, -0.2) is 12.8 Å². The molecular formula is C10H12BrFN2O2S. The number of hydrogen-bond donors (Lipinski definition) is 1. The molecule has 0 saturated carbocycles. The number of nitrogens with two attached hydrogens (primary N) is 1. The van der Waals surface area contributed by atoms with Crippen molar-refractivity contribution in [2.24, 2.45) is 0 Å². The van der Waals surface area contributed by atoms with E-state index in [9.17, 15) is 12.8 Å². The van der Waals surface area contributed by atoms with Gasteiger partial charge in [0.25, 0.3) is 0 Å². The highest BCUT2D eigenvalue weighted by atomic mass is 79.9. The molecule has 7 heteroatoms. The van der Waals surface area contributed by atoms with Crippen LogP contribution in [0, 0.1) is 5.82 Å². The van der Waals surface area contributed by atoms with Crippen molar-refractivity contribution in [3.05, 3.63) is 35.1 Å². The second-order valence-corrected chi connectivity index (χ2v) is 6.26. The van der Waals surface area contributed by atoms with E-state index in [1.54, 1.807) is 0 Å². The van der Waals surface area contributed by atoms with Crippen molar-refractivity contribution in [2.75, 3.05) is 19.3 Å². The number of nitrogens with zero attached hydrogens (tertiary/aromatic N) is 1. The molecule has 0 spiro atoms. The number of anilines is 1. The second-order valence-electron chi connectivity index (χ2n) is 3.39. The number of likely N-dealkylation sites (N-methyl/N-ethyl adjacent to an activating group) is 1. The number of nitrogen functional groups attached to an aromatic ring is 1. The summed E-state index contributed by atoms with van der Waals surface area (Å²) in [5.41, 5.74) is 5.67. The molecule has 0 amide bonds. The summed E-state index contributed by atoms with van der Waals surface area (Å²) in [5.74, 6) is -0.852. The molecule has 0 aromatic heterocycles. The molecular weight excluding hydrogens is 311 g/mol. The van der Waals surface area contributed by atoms with Crippen LogP contribution >= 0.6 is 15.9 Å². The molecule has 1 rings (SSSR count). The molecule has 1 aromatic rings. The molecule has 0 heterocycles. The van der Waals surface area contributed by atoms with E-state index in [-0.39, 0.29) is 16.7 Å². The minimum absolute atomic E-state index is 0.0167. The Kier molecular flexibility index (Phi) is 4.29. The number of rotatable bonds is 4. The van der Waals surface area contributed by atoms with Gasteiger partial charge in [-0.15, -0.1) is 6.58 Å². The Balaban J connectivity index is 3.38. The maximum atomic E-state index is 13.7. The average molecular weight is 323 g/mol. The molecule has 0 aliphatic rings. The third-order valence-corrected chi connectivity index (χ3v) is 4.49. The smallest absolute Gasteiger partial charge is 0.246 e. The van der Waals surface area contributed by atoms with Crippen LogP contribution in [0.3, 0.4) is 0 Å². The third kappa shape index (κ3) is 2.85. The molecule has 0 saturated heterocycles. The molecule has 17 heavy (non-hydrogen) atoms. The SMILES string of the molecule is C=CCN(C)S(=O)(=O)c1cc(N)cc(Br)c1F. The van der Waals surface area contributed by atoms with Crippen LogP contribution in [0.2, 0.25) is 0 Å². The van der Waals surface area contributed by atoms with Gasteiger partial charge in [-0.05, 0) is 28.1 Å². The molecule has 94 valence electrons. The van der Waals surface area contributed by atoms with Gasteiger partial charge in [-0.1, -0.05) is 6.08 Å². The van der Waals surface area contributed by atoms with Gasteiger partial charge < -0.3 is 5.73 Å².